The molecule has 1 aromatic carbocycles. The van der Waals surface area contributed by atoms with Gasteiger partial charge in [-0.3, -0.25) is 4.79 Å². The molecule has 0 saturated carbocycles. The van der Waals surface area contributed by atoms with E-state index in [2.05, 4.69) is 5.32 Å². The van der Waals surface area contributed by atoms with E-state index >= 15 is 0 Å². The van der Waals surface area contributed by atoms with Gasteiger partial charge in [0.25, 0.3) is 0 Å². The van der Waals surface area contributed by atoms with Crippen LogP contribution in [0.3, 0.4) is 0 Å². The Labute approximate surface area is 101 Å². The molecule has 0 fully saturated rings. The fourth-order valence-corrected chi connectivity index (χ4v) is 1.63. The largest absolute Gasteiger partial charge is 0.508 e. The average Bonchev–Trinajstić information content (AvgIpc) is 2.28. The summed E-state index contributed by atoms with van der Waals surface area (Å²) in [5.74, 6) is -0.622. The summed E-state index contributed by atoms with van der Waals surface area (Å²) in [5, 5.41) is 21.3. The normalized spacial score (nSPS) is 12.3. The molecule has 0 spiro atoms. The molecule has 4 heteroatoms. The molecular weight excluding hydrogens is 218 g/mol. The number of benzene rings is 1. The second-order valence-corrected chi connectivity index (χ2v) is 4.08. The number of phenols is 1. The van der Waals surface area contributed by atoms with Crippen LogP contribution in [-0.2, 0) is 11.3 Å². The van der Waals surface area contributed by atoms with Crippen molar-refractivity contribution in [2.75, 3.05) is 0 Å². The summed E-state index contributed by atoms with van der Waals surface area (Å²) in [6.45, 7) is 2.49. The number of aliphatic carboxylic acids is 1. The van der Waals surface area contributed by atoms with Crippen LogP contribution >= 0.6 is 0 Å². The zero-order valence-electron chi connectivity index (χ0n) is 10.0. The van der Waals surface area contributed by atoms with Crippen molar-refractivity contribution >= 4 is 5.97 Å². The highest BCUT2D eigenvalue weighted by Gasteiger charge is 2.15. The van der Waals surface area contributed by atoms with E-state index in [1.165, 1.54) is 0 Å². The summed E-state index contributed by atoms with van der Waals surface area (Å²) < 4.78 is 0. The maximum absolute atomic E-state index is 11.0. The highest BCUT2D eigenvalue weighted by molar-refractivity contribution is 5.73. The van der Waals surface area contributed by atoms with Crippen molar-refractivity contribution in [2.24, 2.45) is 0 Å². The van der Waals surface area contributed by atoms with E-state index in [0.29, 0.717) is 13.0 Å². The number of carboxylic acids is 1. The van der Waals surface area contributed by atoms with Crippen LogP contribution in [-0.4, -0.2) is 22.2 Å². The second kappa shape index (κ2) is 6.91. The summed E-state index contributed by atoms with van der Waals surface area (Å²) in [6.07, 6.45) is 2.51. The zero-order valence-corrected chi connectivity index (χ0v) is 10.0. The lowest BCUT2D eigenvalue weighted by molar-refractivity contribution is -0.139. The predicted octanol–water partition coefficient (Wildman–Crippen LogP) is 2.13. The Kier molecular flexibility index (Phi) is 5.49. The molecule has 1 rings (SSSR count). The number of carbonyl (C=O) groups is 1. The number of hydrogen-bond acceptors (Lipinski definition) is 3. The highest BCUT2D eigenvalue weighted by Crippen LogP contribution is 2.11. The molecular formula is C13H19NO3. The number of carboxylic acid groups (broad SMARTS) is 1. The van der Waals surface area contributed by atoms with Crippen LogP contribution in [0.2, 0.25) is 0 Å². The van der Waals surface area contributed by atoms with E-state index in [9.17, 15) is 9.90 Å². The van der Waals surface area contributed by atoms with Gasteiger partial charge in [0.1, 0.15) is 11.8 Å². The molecule has 0 heterocycles. The van der Waals surface area contributed by atoms with Gasteiger partial charge in [0.15, 0.2) is 0 Å². The summed E-state index contributed by atoms with van der Waals surface area (Å²) >= 11 is 0. The van der Waals surface area contributed by atoms with Gasteiger partial charge in [-0.05, 0) is 24.1 Å². The average molecular weight is 237 g/mol. The van der Waals surface area contributed by atoms with Gasteiger partial charge in [0.2, 0.25) is 0 Å². The lowest BCUT2D eigenvalue weighted by Crippen LogP contribution is -2.36. The first-order valence-electron chi connectivity index (χ1n) is 5.87. The second-order valence-electron chi connectivity index (χ2n) is 4.08. The molecule has 1 aromatic rings. The molecule has 0 aliphatic carbocycles. The molecule has 0 amide bonds. The molecule has 0 saturated heterocycles. The van der Waals surface area contributed by atoms with E-state index in [1.807, 2.05) is 13.0 Å². The molecule has 17 heavy (non-hydrogen) atoms. The van der Waals surface area contributed by atoms with Crippen molar-refractivity contribution in [1.29, 1.82) is 0 Å². The first kappa shape index (κ1) is 13.5. The fraction of sp³-hybridized carbons (Fsp3) is 0.462. The highest BCUT2D eigenvalue weighted by atomic mass is 16.4. The number of phenolic OH excluding ortho intramolecular Hbond substituents is 1. The summed E-state index contributed by atoms with van der Waals surface area (Å²) in [4.78, 5) is 11.0. The summed E-state index contributed by atoms with van der Waals surface area (Å²) in [5.41, 5.74) is 0.882. The number of rotatable bonds is 7. The van der Waals surface area contributed by atoms with Gasteiger partial charge in [-0.25, -0.2) is 0 Å². The Morgan fingerprint density at radius 3 is 2.82 bits per heavy atom. The van der Waals surface area contributed by atoms with Crippen LogP contribution in [0.15, 0.2) is 24.3 Å². The first-order valence-corrected chi connectivity index (χ1v) is 5.87. The van der Waals surface area contributed by atoms with Crippen molar-refractivity contribution < 1.29 is 15.0 Å². The molecule has 0 aliphatic heterocycles. The van der Waals surface area contributed by atoms with Crippen LogP contribution in [0.25, 0.3) is 0 Å². The van der Waals surface area contributed by atoms with Gasteiger partial charge < -0.3 is 15.5 Å². The molecule has 0 bridgehead atoms. The maximum Gasteiger partial charge on any atom is 0.320 e. The standard InChI is InChI=1S/C13H19NO3/c1-2-3-7-12(13(16)17)14-9-10-5-4-6-11(15)8-10/h4-6,8,12,14-15H,2-3,7,9H2,1H3,(H,16,17). The Morgan fingerprint density at radius 2 is 2.24 bits per heavy atom. The SMILES string of the molecule is CCCCC(NCc1cccc(O)c1)C(=O)O. The van der Waals surface area contributed by atoms with Crippen LogP contribution in [0.1, 0.15) is 31.7 Å². The molecule has 1 unspecified atom stereocenters. The molecule has 0 aliphatic rings. The molecule has 0 aromatic heterocycles. The van der Waals surface area contributed by atoms with E-state index in [0.717, 1.165) is 18.4 Å². The lowest BCUT2D eigenvalue weighted by Gasteiger charge is -2.14. The van der Waals surface area contributed by atoms with Crippen molar-refractivity contribution in [2.45, 2.75) is 38.8 Å². The molecule has 4 nitrogen and oxygen atoms in total. The van der Waals surface area contributed by atoms with E-state index < -0.39 is 12.0 Å². The smallest absolute Gasteiger partial charge is 0.320 e. The minimum atomic E-state index is -0.821. The lowest BCUT2D eigenvalue weighted by atomic mass is 10.1. The van der Waals surface area contributed by atoms with Crippen LogP contribution in [0.4, 0.5) is 0 Å². The predicted molar refractivity (Wildman–Crippen MR) is 65.9 cm³/mol. The molecule has 94 valence electrons. The van der Waals surface area contributed by atoms with Gasteiger partial charge in [-0.2, -0.15) is 0 Å². The van der Waals surface area contributed by atoms with Gasteiger partial charge in [0, 0.05) is 6.54 Å². The van der Waals surface area contributed by atoms with E-state index in [1.54, 1.807) is 18.2 Å². The molecule has 1 atom stereocenters. The fourth-order valence-electron chi connectivity index (χ4n) is 1.63. The van der Waals surface area contributed by atoms with E-state index in [4.69, 9.17) is 5.11 Å². The third-order valence-corrected chi connectivity index (χ3v) is 2.61. The Hall–Kier alpha value is -1.55. The van der Waals surface area contributed by atoms with Crippen molar-refractivity contribution in [3.8, 4) is 5.75 Å². The van der Waals surface area contributed by atoms with Gasteiger partial charge in [-0.1, -0.05) is 31.9 Å². The third kappa shape index (κ3) is 4.87. The number of unbranched alkanes of at least 4 members (excludes halogenated alkanes) is 1. The van der Waals surface area contributed by atoms with E-state index in [-0.39, 0.29) is 5.75 Å². The minimum Gasteiger partial charge on any atom is -0.508 e. The minimum absolute atomic E-state index is 0.199. The first-order chi connectivity index (χ1) is 8.13. The van der Waals surface area contributed by atoms with Crippen LogP contribution < -0.4 is 5.32 Å². The number of nitrogens with one attached hydrogen (secondary N) is 1. The number of aromatic hydroxyl groups is 1. The Morgan fingerprint density at radius 1 is 1.47 bits per heavy atom. The quantitative estimate of drug-likeness (QED) is 0.679. The maximum atomic E-state index is 11.0. The molecule has 3 N–H and O–H groups in total. The van der Waals surface area contributed by atoms with Crippen LogP contribution in [0, 0.1) is 0 Å². The monoisotopic (exact) mass is 237 g/mol. The summed E-state index contributed by atoms with van der Waals surface area (Å²) in [6, 6.07) is 6.30. The number of hydrogen-bond donors (Lipinski definition) is 3. The van der Waals surface area contributed by atoms with Crippen LogP contribution in [0.5, 0.6) is 5.75 Å². The van der Waals surface area contributed by atoms with Crippen molar-refractivity contribution in [1.82, 2.24) is 5.32 Å². The Bertz CT molecular complexity index is 365. The van der Waals surface area contributed by atoms with Crippen molar-refractivity contribution in [3.05, 3.63) is 29.8 Å². The Balaban J connectivity index is 2.48. The third-order valence-electron chi connectivity index (χ3n) is 2.61. The summed E-state index contributed by atoms with van der Waals surface area (Å²) in [7, 11) is 0. The van der Waals surface area contributed by atoms with Gasteiger partial charge >= 0.3 is 5.97 Å². The topological polar surface area (TPSA) is 69.6 Å². The van der Waals surface area contributed by atoms with Gasteiger partial charge in [0.05, 0.1) is 0 Å². The zero-order chi connectivity index (χ0) is 12.7. The van der Waals surface area contributed by atoms with Crippen molar-refractivity contribution in [3.63, 3.8) is 0 Å². The van der Waals surface area contributed by atoms with Gasteiger partial charge in [-0.15, -0.1) is 0 Å². The molecule has 0 radical (unpaired) electrons.